The molecule has 0 atom stereocenters. The van der Waals surface area contributed by atoms with E-state index in [0.717, 1.165) is 5.56 Å². The Bertz CT molecular complexity index is 591. The summed E-state index contributed by atoms with van der Waals surface area (Å²) >= 11 is 0. The van der Waals surface area contributed by atoms with Gasteiger partial charge in [-0.15, -0.1) is 15.0 Å². The van der Waals surface area contributed by atoms with Gasteiger partial charge in [0.15, 0.2) is 0 Å². The van der Waals surface area contributed by atoms with E-state index < -0.39 is 0 Å². The van der Waals surface area contributed by atoms with Gasteiger partial charge in [-0.1, -0.05) is 69.0 Å². The van der Waals surface area contributed by atoms with Crippen LogP contribution in [-0.2, 0) is 0 Å². The molecule has 0 amide bonds. The Morgan fingerprint density at radius 2 is 1.85 bits per heavy atom. The molecule has 1 aromatic heterocycles. The molecule has 2 aromatic rings. The second-order valence-electron chi connectivity index (χ2n) is 3.85. The Labute approximate surface area is 120 Å². The van der Waals surface area contributed by atoms with Crippen LogP contribution in [-0.4, -0.2) is 20.2 Å². The molecule has 0 N–H and O–H groups in total. The maximum Gasteiger partial charge on any atom is 0.205 e. The van der Waals surface area contributed by atoms with E-state index in [1.54, 1.807) is 18.2 Å². The maximum atomic E-state index is 4.27. The van der Waals surface area contributed by atoms with Crippen LogP contribution in [0, 0.1) is 6.92 Å². The smallest absolute Gasteiger partial charge is 0.131 e. The number of hydrogen-bond donors (Lipinski definition) is 0. The molecule has 4 nitrogen and oxygen atoms in total. The molecule has 4 heteroatoms. The lowest BCUT2D eigenvalue weighted by Crippen LogP contribution is -1.98. The molecule has 0 fully saturated rings. The molecule has 0 aliphatic heterocycles. The van der Waals surface area contributed by atoms with E-state index in [2.05, 4.69) is 28.6 Å². The predicted octanol–water partition coefficient (Wildman–Crippen LogP) is 3.89. The highest BCUT2D eigenvalue weighted by molar-refractivity contribution is 5.56. The maximum absolute atomic E-state index is 4.27. The summed E-state index contributed by atoms with van der Waals surface area (Å²) in [4.78, 5) is 1.40. The van der Waals surface area contributed by atoms with Crippen molar-refractivity contribution in [1.82, 2.24) is 20.2 Å². The SMILES string of the molecule is C=C/C=C\C(=C)n1nnc(-c2ccc(C)cc2)n1.CC. The summed E-state index contributed by atoms with van der Waals surface area (Å²) in [7, 11) is 0. The van der Waals surface area contributed by atoms with Crippen LogP contribution in [0.4, 0.5) is 0 Å². The Balaban J connectivity index is 0.000000956. The normalized spacial score (nSPS) is 9.95. The first kappa shape index (κ1) is 15.6. The highest BCUT2D eigenvalue weighted by atomic mass is 15.6. The fourth-order valence-electron chi connectivity index (χ4n) is 1.40. The topological polar surface area (TPSA) is 43.6 Å². The molecule has 20 heavy (non-hydrogen) atoms. The lowest BCUT2D eigenvalue weighted by atomic mass is 10.1. The van der Waals surface area contributed by atoms with Gasteiger partial charge in [-0.25, -0.2) is 0 Å². The van der Waals surface area contributed by atoms with E-state index in [0.29, 0.717) is 11.5 Å². The molecule has 104 valence electrons. The van der Waals surface area contributed by atoms with Crippen molar-refractivity contribution < 1.29 is 0 Å². The van der Waals surface area contributed by atoms with Gasteiger partial charge >= 0.3 is 0 Å². The number of benzene rings is 1. The van der Waals surface area contributed by atoms with Crippen molar-refractivity contribution in [3.63, 3.8) is 0 Å². The van der Waals surface area contributed by atoms with E-state index in [-0.39, 0.29) is 0 Å². The van der Waals surface area contributed by atoms with Crippen LogP contribution in [0.1, 0.15) is 19.4 Å². The van der Waals surface area contributed by atoms with Gasteiger partial charge in [-0.3, -0.25) is 0 Å². The highest BCUT2D eigenvalue weighted by Crippen LogP contribution is 2.14. The molecule has 0 unspecified atom stereocenters. The summed E-state index contributed by atoms with van der Waals surface area (Å²) in [6.07, 6.45) is 5.22. The molecule has 0 saturated carbocycles. The van der Waals surface area contributed by atoms with Gasteiger partial charge in [0, 0.05) is 5.56 Å². The lowest BCUT2D eigenvalue weighted by Gasteiger charge is -1.96. The van der Waals surface area contributed by atoms with Crippen molar-refractivity contribution >= 4 is 5.70 Å². The van der Waals surface area contributed by atoms with Gasteiger partial charge in [-0.05, 0) is 18.2 Å². The quantitative estimate of drug-likeness (QED) is 0.790. The van der Waals surface area contributed by atoms with Crippen LogP contribution in [0.3, 0.4) is 0 Å². The predicted molar refractivity (Wildman–Crippen MR) is 84.0 cm³/mol. The highest BCUT2D eigenvalue weighted by Gasteiger charge is 2.05. The van der Waals surface area contributed by atoms with E-state index in [1.807, 2.05) is 45.0 Å². The van der Waals surface area contributed by atoms with Crippen molar-refractivity contribution in [2.75, 3.05) is 0 Å². The third kappa shape index (κ3) is 4.02. The average molecular weight is 268 g/mol. The molecule has 0 spiro atoms. The third-order valence-corrected chi connectivity index (χ3v) is 2.40. The Morgan fingerprint density at radius 3 is 2.45 bits per heavy atom. The minimum Gasteiger partial charge on any atom is -0.131 e. The van der Waals surface area contributed by atoms with E-state index in [4.69, 9.17) is 0 Å². The van der Waals surface area contributed by atoms with E-state index in [1.165, 1.54) is 10.4 Å². The van der Waals surface area contributed by atoms with Gasteiger partial charge < -0.3 is 0 Å². The first-order valence-corrected chi connectivity index (χ1v) is 6.56. The largest absolute Gasteiger partial charge is 0.205 e. The van der Waals surface area contributed by atoms with Crippen LogP contribution in [0.2, 0.25) is 0 Å². The van der Waals surface area contributed by atoms with Crippen LogP contribution in [0.25, 0.3) is 17.1 Å². The van der Waals surface area contributed by atoms with Crippen LogP contribution in [0.5, 0.6) is 0 Å². The third-order valence-electron chi connectivity index (χ3n) is 2.40. The molecule has 0 bridgehead atoms. The van der Waals surface area contributed by atoms with Gasteiger partial charge in [0.05, 0.1) is 5.70 Å². The van der Waals surface area contributed by atoms with Crippen molar-refractivity contribution in [2.24, 2.45) is 0 Å². The number of aryl methyl sites for hydroxylation is 1. The summed E-state index contributed by atoms with van der Waals surface area (Å²) in [6.45, 7) is 13.5. The Kier molecular flexibility index (Phi) is 6.10. The van der Waals surface area contributed by atoms with E-state index >= 15 is 0 Å². The van der Waals surface area contributed by atoms with Gasteiger partial charge in [0.25, 0.3) is 0 Å². The standard InChI is InChI=1S/C14H14N4.C2H6/c1-4-5-6-12(3)18-16-14(15-17-18)13-9-7-11(2)8-10-13;1-2/h4-10H,1,3H2,2H3;1-2H3/b6-5-;. The number of allylic oxidation sites excluding steroid dienone is 4. The fourth-order valence-corrected chi connectivity index (χ4v) is 1.40. The van der Waals surface area contributed by atoms with Gasteiger partial charge in [0.1, 0.15) is 0 Å². The summed E-state index contributed by atoms with van der Waals surface area (Å²) in [6, 6.07) is 7.98. The van der Waals surface area contributed by atoms with Crippen molar-refractivity contribution in [3.8, 4) is 11.4 Å². The average Bonchev–Trinajstić information content (AvgIpc) is 2.97. The minimum atomic E-state index is 0.586. The number of tetrazole rings is 1. The Hall–Kier alpha value is -2.49. The second-order valence-corrected chi connectivity index (χ2v) is 3.85. The summed E-state index contributed by atoms with van der Waals surface area (Å²) in [5.74, 6) is 0.586. The minimum absolute atomic E-state index is 0.586. The number of hydrogen-bond acceptors (Lipinski definition) is 3. The zero-order valence-electron chi connectivity index (χ0n) is 12.2. The van der Waals surface area contributed by atoms with Gasteiger partial charge in [0.2, 0.25) is 5.82 Å². The van der Waals surface area contributed by atoms with Crippen molar-refractivity contribution in [3.05, 3.63) is 61.2 Å². The monoisotopic (exact) mass is 268 g/mol. The van der Waals surface area contributed by atoms with Crippen LogP contribution in [0.15, 0.2) is 55.7 Å². The molecule has 2 rings (SSSR count). The van der Waals surface area contributed by atoms with Crippen LogP contribution >= 0.6 is 0 Å². The number of nitrogens with zero attached hydrogens (tertiary/aromatic N) is 4. The summed E-state index contributed by atoms with van der Waals surface area (Å²) in [5.41, 5.74) is 2.78. The molecule has 0 radical (unpaired) electrons. The first-order chi connectivity index (χ1) is 9.70. The zero-order chi connectivity index (χ0) is 15.0. The summed E-state index contributed by atoms with van der Waals surface area (Å²) < 4.78 is 0. The number of rotatable bonds is 4. The van der Waals surface area contributed by atoms with E-state index in [9.17, 15) is 0 Å². The van der Waals surface area contributed by atoms with Gasteiger partial charge in [-0.2, -0.15) is 0 Å². The fraction of sp³-hybridized carbons (Fsp3) is 0.188. The molecule has 1 heterocycles. The van der Waals surface area contributed by atoms with Crippen molar-refractivity contribution in [1.29, 1.82) is 0 Å². The molecular weight excluding hydrogens is 248 g/mol. The Morgan fingerprint density at radius 1 is 1.20 bits per heavy atom. The molecular formula is C16H20N4. The number of aromatic nitrogens is 4. The molecule has 0 aliphatic rings. The molecule has 0 saturated heterocycles. The molecule has 0 aliphatic carbocycles. The first-order valence-electron chi connectivity index (χ1n) is 6.56. The zero-order valence-corrected chi connectivity index (χ0v) is 12.2. The molecule has 1 aromatic carbocycles. The lowest BCUT2D eigenvalue weighted by molar-refractivity contribution is 0.743. The summed E-state index contributed by atoms with van der Waals surface area (Å²) in [5, 5.41) is 12.2. The van der Waals surface area contributed by atoms with Crippen molar-refractivity contribution in [2.45, 2.75) is 20.8 Å². The second kappa shape index (κ2) is 7.84. The van der Waals surface area contributed by atoms with Crippen LogP contribution < -0.4 is 0 Å².